The maximum absolute atomic E-state index is 5.85. The Morgan fingerprint density at radius 2 is 2.11 bits per heavy atom. The van der Waals surface area contributed by atoms with Crippen LogP contribution in [0.15, 0.2) is 18.2 Å². The van der Waals surface area contributed by atoms with Crippen LogP contribution in [-0.4, -0.2) is 35.6 Å². The predicted molar refractivity (Wildman–Crippen MR) is 83.6 cm³/mol. The first-order valence-electron chi connectivity index (χ1n) is 7.03. The Labute approximate surface area is 120 Å². The van der Waals surface area contributed by atoms with Crippen molar-refractivity contribution in [2.75, 3.05) is 25.0 Å². The molecule has 3 aliphatic rings. The lowest BCUT2D eigenvalue weighted by molar-refractivity contribution is 0.0975. The number of nitrogens with one attached hydrogen (secondary N) is 1. The van der Waals surface area contributed by atoms with E-state index in [9.17, 15) is 0 Å². The van der Waals surface area contributed by atoms with Crippen LogP contribution in [0.25, 0.3) is 0 Å². The first-order chi connectivity index (χ1) is 9.13. The van der Waals surface area contributed by atoms with E-state index >= 15 is 0 Å². The molecule has 0 aromatic heterocycles. The van der Waals surface area contributed by atoms with Crippen LogP contribution in [0, 0.1) is 12.8 Å². The number of hydrogen-bond acceptors (Lipinski definition) is 3. The van der Waals surface area contributed by atoms with Crippen molar-refractivity contribution < 1.29 is 0 Å². The fraction of sp³-hybridized carbons (Fsp3) is 0.533. The SMILES string of the molecule is Cc1ccc(NC2CN3CCC2CC3)c(C(N)=S)c1. The molecule has 4 rings (SSSR count). The van der Waals surface area contributed by atoms with Gasteiger partial charge in [-0.25, -0.2) is 0 Å². The standard InChI is InChI=1S/C15H21N3S/c1-10-2-3-13(12(8-10)15(16)19)17-14-9-18-6-4-11(14)5-7-18/h2-3,8,11,14,17H,4-7,9H2,1H3,(H2,16,19). The fourth-order valence-corrected chi connectivity index (χ4v) is 3.49. The van der Waals surface area contributed by atoms with E-state index in [1.54, 1.807) is 0 Å². The second kappa shape index (κ2) is 5.10. The smallest absolute Gasteiger partial charge is 0.106 e. The summed E-state index contributed by atoms with van der Waals surface area (Å²) in [4.78, 5) is 3.03. The molecule has 1 aromatic rings. The normalized spacial score (nSPS) is 29.2. The molecular formula is C15H21N3S. The van der Waals surface area contributed by atoms with Crippen molar-refractivity contribution in [2.24, 2.45) is 11.7 Å². The number of thiocarbonyl (C=S) groups is 1. The molecule has 3 aliphatic heterocycles. The zero-order chi connectivity index (χ0) is 13.4. The predicted octanol–water partition coefficient (Wildman–Crippen LogP) is 2.14. The molecule has 1 unspecified atom stereocenters. The molecule has 3 N–H and O–H groups in total. The van der Waals surface area contributed by atoms with Crippen LogP contribution >= 0.6 is 12.2 Å². The monoisotopic (exact) mass is 275 g/mol. The lowest BCUT2D eigenvalue weighted by Crippen LogP contribution is -2.53. The van der Waals surface area contributed by atoms with Gasteiger partial charge in [-0.1, -0.05) is 23.8 Å². The van der Waals surface area contributed by atoms with Gasteiger partial charge >= 0.3 is 0 Å². The molecule has 0 spiro atoms. The Morgan fingerprint density at radius 1 is 1.37 bits per heavy atom. The molecule has 0 saturated carbocycles. The van der Waals surface area contributed by atoms with E-state index in [1.807, 2.05) is 0 Å². The maximum Gasteiger partial charge on any atom is 0.106 e. The summed E-state index contributed by atoms with van der Waals surface area (Å²) in [6.07, 6.45) is 2.62. The number of benzene rings is 1. The van der Waals surface area contributed by atoms with Crippen LogP contribution in [0.5, 0.6) is 0 Å². The van der Waals surface area contributed by atoms with E-state index in [4.69, 9.17) is 18.0 Å². The first-order valence-corrected chi connectivity index (χ1v) is 7.43. The van der Waals surface area contributed by atoms with Gasteiger partial charge in [0.1, 0.15) is 4.99 Å². The number of nitrogens with zero attached hydrogens (tertiary/aromatic N) is 1. The second-order valence-electron chi connectivity index (χ2n) is 5.80. The molecular weight excluding hydrogens is 254 g/mol. The summed E-state index contributed by atoms with van der Waals surface area (Å²) < 4.78 is 0. The molecule has 4 heteroatoms. The minimum absolute atomic E-state index is 0.479. The van der Waals surface area contributed by atoms with E-state index in [-0.39, 0.29) is 0 Å². The third kappa shape index (κ3) is 2.60. The van der Waals surface area contributed by atoms with Gasteiger partial charge in [0, 0.05) is 23.8 Å². The average Bonchev–Trinajstić information content (AvgIpc) is 2.42. The van der Waals surface area contributed by atoms with Crippen molar-refractivity contribution in [3.63, 3.8) is 0 Å². The Morgan fingerprint density at radius 3 is 2.68 bits per heavy atom. The quantitative estimate of drug-likeness (QED) is 0.829. The molecule has 3 fully saturated rings. The molecule has 3 nitrogen and oxygen atoms in total. The third-order valence-corrected chi connectivity index (χ3v) is 4.66. The number of piperidine rings is 3. The Balaban J connectivity index is 1.81. The highest BCUT2D eigenvalue weighted by atomic mass is 32.1. The van der Waals surface area contributed by atoms with Crippen molar-refractivity contribution in [3.05, 3.63) is 29.3 Å². The van der Waals surface area contributed by atoms with Crippen molar-refractivity contribution >= 4 is 22.9 Å². The highest BCUT2D eigenvalue weighted by molar-refractivity contribution is 7.80. The van der Waals surface area contributed by atoms with Gasteiger partial charge in [0.05, 0.1) is 0 Å². The van der Waals surface area contributed by atoms with Gasteiger partial charge in [-0.05, 0) is 50.9 Å². The van der Waals surface area contributed by atoms with Gasteiger partial charge in [-0.3, -0.25) is 0 Å². The highest BCUT2D eigenvalue weighted by Crippen LogP contribution is 2.30. The first kappa shape index (κ1) is 12.9. The van der Waals surface area contributed by atoms with Gasteiger partial charge < -0.3 is 16.0 Å². The Bertz CT molecular complexity index is 492. The molecule has 2 bridgehead atoms. The summed E-state index contributed by atoms with van der Waals surface area (Å²) in [6.45, 7) is 5.74. The van der Waals surface area contributed by atoms with Crippen molar-refractivity contribution in [1.82, 2.24) is 4.90 Å². The maximum atomic E-state index is 5.85. The molecule has 3 saturated heterocycles. The number of anilines is 1. The summed E-state index contributed by atoms with van der Waals surface area (Å²) in [5, 5.41) is 3.68. The molecule has 19 heavy (non-hydrogen) atoms. The summed E-state index contributed by atoms with van der Waals surface area (Å²) in [6, 6.07) is 6.84. The van der Waals surface area contributed by atoms with E-state index in [2.05, 4.69) is 35.3 Å². The van der Waals surface area contributed by atoms with Crippen LogP contribution in [0.3, 0.4) is 0 Å². The van der Waals surface area contributed by atoms with Gasteiger partial charge in [-0.2, -0.15) is 0 Å². The van der Waals surface area contributed by atoms with Crippen LogP contribution in [0.4, 0.5) is 5.69 Å². The minimum Gasteiger partial charge on any atom is -0.389 e. The summed E-state index contributed by atoms with van der Waals surface area (Å²) in [5.41, 5.74) is 9.11. The summed E-state index contributed by atoms with van der Waals surface area (Å²) in [5.74, 6) is 0.797. The van der Waals surface area contributed by atoms with Gasteiger partial charge in [0.2, 0.25) is 0 Å². The van der Waals surface area contributed by atoms with E-state index in [0.29, 0.717) is 11.0 Å². The van der Waals surface area contributed by atoms with Gasteiger partial charge in [0.25, 0.3) is 0 Å². The number of rotatable bonds is 3. The van der Waals surface area contributed by atoms with Gasteiger partial charge in [0.15, 0.2) is 0 Å². The van der Waals surface area contributed by atoms with E-state index < -0.39 is 0 Å². The molecule has 102 valence electrons. The highest BCUT2D eigenvalue weighted by Gasteiger charge is 2.34. The van der Waals surface area contributed by atoms with Crippen LogP contribution in [-0.2, 0) is 0 Å². The zero-order valence-corrected chi connectivity index (χ0v) is 12.2. The van der Waals surface area contributed by atoms with Gasteiger partial charge in [-0.15, -0.1) is 0 Å². The van der Waals surface area contributed by atoms with Crippen molar-refractivity contribution in [2.45, 2.75) is 25.8 Å². The lowest BCUT2D eigenvalue weighted by atomic mass is 9.84. The second-order valence-corrected chi connectivity index (χ2v) is 6.24. The zero-order valence-electron chi connectivity index (χ0n) is 11.4. The number of aryl methyl sites for hydroxylation is 1. The van der Waals surface area contributed by atoms with Crippen molar-refractivity contribution in [1.29, 1.82) is 0 Å². The summed E-state index contributed by atoms with van der Waals surface area (Å²) >= 11 is 5.17. The third-order valence-electron chi connectivity index (χ3n) is 4.44. The molecule has 0 radical (unpaired) electrons. The van der Waals surface area contributed by atoms with Crippen LogP contribution in [0.1, 0.15) is 24.0 Å². The lowest BCUT2D eigenvalue weighted by Gasteiger charge is -2.45. The number of hydrogen-bond donors (Lipinski definition) is 2. The van der Waals surface area contributed by atoms with Crippen molar-refractivity contribution in [3.8, 4) is 0 Å². The largest absolute Gasteiger partial charge is 0.389 e. The average molecular weight is 275 g/mol. The Kier molecular flexibility index (Phi) is 3.46. The molecule has 1 atom stereocenters. The molecule has 0 aliphatic carbocycles. The molecule has 1 aromatic carbocycles. The Hall–Kier alpha value is -1.13. The van der Waals surface area contributed by atoms with E-state index in [1.165, 1.54) is 31.5 Å². The summed E-state index contributed by atoms with van der Waals surface area (Å²) in [7, 11) is 0. The fourth-order valence-electron chi connectivity index (χ4n) is 3.32. The topological polar surface area (TPSA) is 41.3 Å². The molecule has 3 heterocycles. The minimum atomic E-state index is 0.479. The number of fused-ring (bicyclic) bond motifs is 3. The number of nitrogens with two attached hydrogens (primary N) is 1. The van der Waals surface area contributed by atoms with E-state index in [0.717, 1.165) is 23.7 Å². The molecule has 0 amide bonds. The van der Waals surface area contributed by atoms with Crippen LogP contribution in [0.2, 0.25) is 0 Å². The van der Waals surface area contributed by atoms with Crippen LogP contribution < -0.4 is 11.1 Å².